The monoisotopic (exact) mass is 296 g/mol. The first-order valence-corrected chi connectivity index (χ1v) is 6.92. The van der Waals surface area contributed by atoms with Crippen molar-refractivity contribution in [1.82, 2.24) is 0 Å². The molecule has 2 aromatic rings. The van der Waals surface area contributed by atoms with Crippen LogP contribution in [0.2, 0.25) is 0 Å². The fraction of sp³-hybridized carbons (Fsp3) is 0.231. The van der Waals surface area contributed by atoms with E-state index in [1.165, 1.54) is 0 Å². The van der Waals surface area contributed by atoms with Crippen LogP contribution in [0.5, 0.6) is 0 Å². The summed E-state index contributed by atoms with van der Waals surface area (Å²) in [4.78, 5) is 0. The Morgan fingerprint density at radius 2 is 1.94 bits per heavy atom. The Hall–Kier alpha value is -0.640. The van der Waals surface area contributed by atoms with Gasteiger partial charge in [0.25, 0.3) is 0 Å². The maximum absolute atomic E-state index is 10.8. The molecule has 16 heavy (non-hydrogen) atoms. The molecule has 0 bridgehead atoms. The number of hydrogen-bond donors (Lipinski definition) is 1. The van der Waals surface area contributed by atoms with Crippen molar-refractivity contribution in [3.05, 3.63) is 56.7 Å². The second-order valence-corrected chi connectivity index (χ2v) is 5.31. The average Bonchev–Trinajstić information content (AvgIpc) is 2.76. The second-order valence-electron chi connectivity index (χ2n) is 3.71. The predicted octanol–water partition coefficient (Wildman–Crippen LogP) is 4.16. The molecule has 1 heterocycles. The quantitative estimate of drug-likeness (QED) is 0.902. The molecule has 2 rings (SSSR count). The summed E-state index contributed by atoms with van der Waals surface area (Å²) in [5, 5.41) is 14.8. The molecular weight excluding hydrogens is 284 g/mol. The molecular formula is C13H13BrOS. The molecule has 0 aliphatic rings. The van der Waals surface area contributed by atoms with Crippen molar-refractivity contribution in [2.75, 3.05) is 0 Å². The largest absolute Gasteiger partial charge is 0.380 e. The van der Waals surface area contributed by atoms with Crippen molar-refractivity contribution >= 4 is 27.3 Å². The van der Waals surface area contributed by atoms with Crippen molar-refractivity contribution in [2.45, 2.75) is 18.9 Å². The molecule has 0 spiro atoms. The molecule has 0 fully saturated rings. The van der Waals surface area contributed by atoms with Crippen molar-refractivity contribution in [3.8, 4) is 0 Å². The van der Waals surface area contributed by atoms with Crippen molar-refractivity contribution in [2.24, 2.45) is 0 Å². The van der Waals surface area contributed by atoms with Crippen LogP contribution >= 0.6 is 27.3 Å². The highest BCUT2D eigenvalue weighted by atomic mass is 79.9. The number of hydrogen-bond acceptors (Lipinski definition) is 2. The van der Waals surface area contributed by atoms with E-state index in [4.69, 9.17) is 0 Å². The average molecular weight is 297 g/mol. The van der Waals surface area contributed by atoms with Gasteiger partial charge in [-0.25, -0.2) is 0 Å². The van der Waals surface area contributed by atoms with Gasteiger partial charge < -0.3 is 5.11 Å². The van der Waals surface area contributed by atoms with E-state index in [9.17, 15) is 5.11 Å². The van der Waals surface area contributed by atoms with Gasteiger partial charge in [-0.05, 0) is 33.3 Å². The molecule has 0 saturated carbocycles. The maximum atomic E-state index is 10.8. The van der Waals surface area contributed by atoms with Crippen LogP contribution in [-0.2, 0) is 5.60 Å². The highest BCUT2D eigenvalue weighted by molar-refractivity contribution is 9.10. The van der Waals surface area contributed by atoms with E-state index in [-0.39, 0.29) is 0 Å². The molecule has 0 aliphatic heterocycles. The van der Waals surface area contributed by atoms with Gasteiger partial charge in [0.05, 0.1) is 0 Å². The summed E-state index contributed by atoms with van der Waals surface area (Å²) in [6, 6.07) is 9.80. The van der Waals surface area contributed by atoms with Crippen LogP contribution in [0.4, 0.5) is 0 Å². The molecule has 1 aromatic carbocycles. The zero-order chi connectivity index (χ0) is 11.6. The minimum atomic E-state index is -0.889. The molecule has 1 aromatic heterocycles. The SMILES string of the molecule is CCC(O)(c1ccccc1)c1cscc1Br. The Bertz CT molecular complexity index is 466. The molecule has 0 amide bonds. The molecule has 1 N–H and O–H groups in total. The van der Waals surface area contributed by atoms with Crippen LogP contribution in [0.25, 0.3) is 0 Å². The first-order valence-electron chi connectivity index (χ1n) is 5.18. The van der Waals surface area contributed by atoms with E-state index in [2.05, 4.69) is 15.9 Å². The summed E-state index contributed by atoms with van der Waals surface area (Å²) >= 11 is 5.09. The fourth-order valence-electron chi connectivity index (χ4n) is 1.84. The first kappa shape index (κ1) is 11.8. The van der Waals surface area contributed by atoms with Gasteiger partial charge in [-0.1, -0.05) is 37.3 Å². The molecule has 3 heteroatoms. The van der Waals surface area contributed by atoms with E-state index in [0.29, 0.717) is 6.42 Å². The van der Waals surface area contributed by atoms with E-state index in [0.717, 1.165) is 15.6 Å². The van der Waals surface area contributed by atoms with Crippen molar-refractivity contribution in [1.29, 1.82) is 0 Å². The molecule has 1 nitrogen and oxygen atoms in total. The fourth-order valence-corrected chi connectivity index (χ4v) is 3.53. The summed E-state index contributed by atoms with van der Waals surface area (Å²) in [5.41, 5.74) is 1.00. The lowest BCUT2D eigenvalue weighted by Crippen LogP contribution is -2.25. The Balaban J connectivity index is 2.53. The van der Waals surface area contributed by atoms with Crippen LogP contribution in [0.15, 0.2) is 45.6 Å². The Kier molecular flexibility index (Phi) is 3.47. The highest BCUT2D eigenvalue weighted by Gasteiger charge is 2.31. The lowest BCUT2D eigenvalue weighted by atomic mass is 9.86. The van der Waals surface area contributed by atoms with Gasteiger partial charge in [0, 0.05) is 15.4 Å². The maximum Gasteiger partial charge on any atom is 0.116 e. The van der Waals surface area contributed by atoms with Crippen LogP contribution in [-0.4, -0.2) is 5.11 Å². The van der Waals surface area contributed by atoms with Gasteiger partial charge in [-0.3, -0.25) is 0 Å². The summed E-state index contributed by atoms with van der Waals surface area (Å²) in [7, 11) is 0. The Morgan fingerprint density at radius 1 is 1.25 bits per heavy atom. The molecule has 0 aliphatic carbocycles. The summed E-state index contributed by atoms with van der Waals surface area (Å²) in [5.74, 6) is 0. The minimum absolute atomic E-state index is 0.659. The van der Waals surface area contributed by atoms with Gasteiger partial charge in [-0.15, -0.1) is 0 Å². The Morgan fingerprint density at radius 3 is 2.44 bits per heavy atom. The van der Waals surface area contributed by atoms with Crippen LogP contribution in [0, 0.1) is 0 Å². The Labute approximate surface area is 108 Å². The molecule has 0 saturated heterocycles. The van der Waals surface area contributed by atoms with Gasteiger partial charge in [0.1, 0.15) is 5.60 Å². The van der Waals surface area contributed by atoms with E-state index in [1.807, 2.05) is 48.0 Å². The normalized spacial score (nSPS) is 14.7. The third-order valence-corrected chi connectivity index (χ3v) is 4.53. The molecule has 1 unspecified atom stereocenters. The number of thiophene rings is 1. The van der Waals surface area contributed by atoms with Crippen LogP contribution in [0.3, 0.4) is 0 Å². The van der Waals surface area contributed by atoms with Gasteiger partial charge >= 0.3 is 0 Å². The molecule has 0 radical (unpaired) electrons. The number of benzene rings is 1. The third kappa shape index (κ3) is 1.95. The second kappa shape index (κ2) is 4.70. The highest BCUT2D eigenvalue weighted by Crippen LogP contribution is 2.38. The first-order chi connectivity index (χ1) is 7.68. The topological polar surface area (TPSA) is 20.2 Å². The van der Waals surface area contributed by atoms with Crippen LogP contribution < -0.4 is 0 Å². The van der Waals surface area contributed by atoms with Gasteiger partial charge in [-0.2, -0.15) is 11.3 Å². The number of aliphatic hydroxyl groups is 1. The zero-order valence-corrected chi connectivity index (χ0v) is 11.4. The van der Waals surface area contributed by atoms with E-state index < -0.39 is 5.60 Å². The number of halogens is 1. The van der Waals surface area contributed by atoms with E-state index >= 15 is 0 Å². The van der Waals surface area contributed by atoms with Crippen LogP contribution in [0.1, 0.15) is 24.5 Å². The molecule has 84 valence electrons. The minimum Gasteiger partial charge on any atom is -0.380 e. The van der Waals surface area contributed by atoms with Crippen molar-refractivity contribution in [3.63, 3.8) is 0 Å². The standard InChI is InChI=1S/C13H13BrOS/c1-2-13(15,10-6-4-3-5-7-10)11-8-16-9-12(11)14/h3-9,15H,2H2,1H3. The van der Waals surface area contributed by atoms with Crippen molar-refractivity contribution < 1.29 is 5.11 Å². The molecule has 1 atom stereocenters. The lowest BCUT2D eigenvalue weighted by Gasteiger charge is -2.27. The van der Waals surface area contributed by atoms with E-state index in [1.54, 1.807) is 11.3 Å². The van der Waals surface area contributed by atoms with Gasteiger partial charge in [0.15, 0.2) is 0 Å². The predicted molar refractivity (Wildman–Crippen MR) is 71.8 cm³/mol. The third-order valence-electron chi connectivity index (χ3n) is 2.82. The summed E-state index contributed by atoms with van der Waals surface area (Å²) in [6.07, 6.45) is 0.659. The summed E-state index contributed by atoms with van der Waals surface area (Å²) < 4.78 is 0.978. The zero-order valence-electron chi connectivity index (χ0n) is 8.98. The number of rotatable bonds is 3. The lowest BCUT2D eigenvalue weighted by molar-refractivity contribution is 0.0763. The van der Waals surface area contributed by atoms with Gasteiger partial charge in [0.2, 0.25) is 0 Å². The smallest absolute Gasteiger partial charge is 0.116 e. The summed E-state index contributed by atoms with van der Waals surface area (Å²) in [6.45, 7) is 2.00.